The highest BCUT2D eigenvalue weighted by Crippen LogP contribution is 2.10. The van der Waals surface area contributed by atoms with Crippen LogP contribution in [0.5, 0.6) is 0 Å². The normalized spacial score (nSPS) is 16.2. The fourth-order valence-electron chi connectivity index (χ4n) is 2.62. The highest BCUT2D eigenvalue weighted by Gasteiger charge is 2.23. The first-order valence-electron chi connectivity index (χ1n) is 7.65. The molecule has 0 spiro atoms. The van der Waals surface area contributed by atoms with Gasteiger partial charge < -0.3 is 4.90 Å². The van der Waals surface area contributed by atoms with E-state index in [9.17, 15) is 9.59 Å². The van der Waals surface area contributed by atoms with Crippen molar-refractivity contribution in [2.24, 2.45) is 0 Å². The van der Waals surface area contributed by atoms with Crippen molar-refractivity contribution < 1.29 is 4.79 Å². The van der Waals surface area contributed by atoms with Gasteiger partial charge in [0.15, 0.2) is 0 Å². The molecule has 8 nitrogen and oxygen atoms in total. The summed E-state index contributed by atoms with van der Waals surface area (Å²) in [5.74, 6) is -0.0891. The number of thiophene rings is 1. The van der Waals surface area contributed by atoms with Gasteiger partial charge in [-0.3, -0.25) is 9.69 Å². The Hall–Kier alpha value is -2.00. The van der Waals surface area contributed by atoms with Gasteiger partial charge in [-0.05, 0) is 41.8 Å². The highest BCUT2D eigenvalue weighted by atomic mass is 32.1. The molecule has 9 heteroatoms. The van der Waals surface area contributed by atoms with Crippen molar-refractivity contribution in [3.05, 3.63) is 28.0 Å². The molecule has 1 fully saturated rings. The van der Waals surface area contributed by atoms with Crippen molar-refractivity contribution in [1.29, 1.82) is 0 Å². The van der Waals surface area contributed by atoms with Gasteiger partial charge >= 0.3 is 5.69 Å². The van der Waals surface area contributed by atoms with Gasteiger partial charge in [-0.1, -0.05) is 0 Å². The molecule has 3 heterocycles. The van der Waals surface area contributed by atoms with Crippen molar-refractivity contribution in [3.63, 3.8) is 0 Å². The lowest BCUT2D eigenvalue weighted by Gasteiger charge is -2.36. The highest BCUT2D eigenvalue weighted by molar-refractivity contribution is 7.12. The van der Waals surface area contributed by atoms with Gasteiger partial charge in [-0.15, -0.1) is 11.3 Å². The second kappa shape index (κ2) is 6.63. The number of nitrogens with zero attached hydrogens (tertiary/aromatic N) is 6. The van der Waals surface area contributed by atoms with Gasteiger partial charge in [-0.2, -0.15) is 9.36 Å². The third kappa shape index (κ3) is 3.35. The smallest absolute Gasteiger partial charge is 0.339 e. The van der Waals surface area contributed by atoms with Crippen LogP contribution in [0.25, 0.3) is 5.00 Å². The van der Waals surface area contributed by atoms with Crippen LogP contribution >= 0.6 is 11.3 Å². The third-order valence-electron chi connectivity index (χ3n) is 4.04. The topological polar surface area (TPSA) is 76.3 Å². The first kappa shape index (κ1) is 15.9. The molecule has 3 rings (SSSR count). The Labute approximate surface area is 137 Å². The molecule has 1 amide bonds. The summed E-state index contributed by atoms with van der Waals surface area (Å²) in [4.78, 5) is 28.7. The Morgan fingerprint density at radius 1 is 1.26 bits per heavy atom. The summed E-state index contributed by atoms with van der Waals surface area (Å²) < 4.78 is 2.34. The van der Waals surface area contributed by atoms with Gasteiger partial charge in [0.1, 0.15) is 11.5 Å². The number of carbonyl (C=O) groups is 1. The number of hydrogen-bond donors (Lipinski definition) is 0. The SMILES string of the molecule is CC(C)N1CCN(C(=O)Cn2nnn(-c3cccs3)c2=O)CC1. The number of tetrazole rings is 1. The monoisotopic (exact) mass is 336 g/mol. The van der Waals surface area contributed by atoms with Gasteiger partial charge in [0, 0.05) is 32.2 Å². The number of piperazine rings is 1. The average Bonchev–Trinajstić information content (AvgIpc) is 3.18. The van der Waals surface area contributed by atoms with E-state index < -0.39 is 0 Å². The van der Waals surface area contributed by atoms with E-state index in [0.717, 1.165) is 17.8 Å². The maximum atomic E-state index is 12.4. The van der Waals surface area contributed by atoms with E-state index in [-0.39, 0.29) is 18.1 Å². The molecule has 0 aliphatic carbocycles. The first-order valence-corrected chi connectivity index (χ1v) is 8.53. The van der Waals surface area contributed by atoms with Crippen LogP contribution in [0.1, 0.15) is 13.8 Å². The lowest BCUT2D eigenvalue weighted by molar-refractivity contribution is -0.134. The number of hydrogen-bond acceptors (Lipinski definition) is 6. The van der Waals surface area contributed by atoms with E-state index in [1.54, 1.807) is 11.0 Å². The van der Waals surface area contributed by atoms with Crippen LogP contribution in [0.2, 0.25) is 0 Å². The molecule has 0 aromatic carbocycles. The fourth-order valence-corrected chi connectivity index (χ4v) is 3.29. The summed E-state index contributed by atoms with van der Waals surface area (Å²) in [7, 11) is 0. The molecule has 0 unspecified atom stereocenters. The van der Waals surface area contributed by atoms with E-state index in [0.29, 0.717) is 24.1 Å². The maximum absolute atomic E-state index is 12.4. The maximum Gasteiger partial charge on any atom is 0.369 e. The van der Waals surface area contributed by atoms with Crippen molar-refractivity contribution in [3.8, 4) is 5.00 Å². The summed E-state index contributed by atoms with van der Waals surface area (Å²) in [6.07, 6.45) is 0. The Kier molecular flexibility index (Phi) is 4.58. The molecule has 1 aliphatic rings. The molecular weight excluding hydrogens is 316 g/mol. The lowest BCUT2D eigenvalue weighted by atomic mass is 10.2. The molecule has 0 N–H and O–H groups in total. The Balaban J connectivity index is 1.64. The van der Waals surface area contributed by atoms with Crippen molar-refractivity contribution in [2.45, 2.75) is 26.4 Å². The van der Waals surface area contributed by atoms with Crippen LogP contribution < -0.4 is 5.69 Å². The van der Waals surface area contributed by atoms with E-state index in [4.69, 9.17) is 0 Å². The molecule has 0 radical (unpaired) electrons. The van der Waals surface area contributed by atoms with Gasteiger partial charge in [0.2, 0.25) is 5.91 Å². The second-order valence-corrected chi connectivity index (χ2v) is 6.72. The Bertz CT molecular complexity index is 712. The number of amides is 1. The fraction of sp³-hybridized carbons (Fsp3) is 0.571. The summed E-state index contributed by atoms with van der Waals surface area (Å²) in [5.41, 5.74) is -0.387. The van der Waals surface area contributed by atoms with Gasteiger partial charge in [-0.25, -0.2) is 4.79 Å². The number of aromatic nitrogens is 4. The van der Waals surface area contributed by atoms with Gasteiger partial charge in [0.25, 0.3) is 0 Å². The van der Waals surface area contributed by atoms with Crippen molar-refractivity contribution >= 4 is 17.2 Å². The standard InChI is InChI=1S/C14H20N6O2S/c1-11(2)17-5-7-18(8-6-17)12(21)10-19-14(22)20(16-15-19)13-4-3-9-23-13/h3-4,9,11H,5-8,10H2,1-2H3. The van der Waals surface area contributed by atoms with E-state index in [1.165, 1.54) is 16.0 Å². The predicted octanol–water partition coefficient (Wildman–Crippen LogP) is 0.0431. The van der Waals surface area contributed by atoms with E-state index in [2.05, 4.69) is 29.2 Å². The van der Waals surface area contributed by atoms with Crippen LogP contribution in [0.3, 0.4) is 0 Å². The van der Waals surface area contributed by atoms with E-state index in [1.807, 2.05) is 11.4 Å². The summed E-state index contributed by atoms with van der Waals surface area (Å²) in [6, 6.07) is 4.11. The summed E-state index contributed by atoms with van der Waals surface area (Å²) in [5, 5.41) is 10.2. The number of carbonyl (C=O) groups excluding carboxylic acids is 1. The minimum absolute atomic E-state index is 0.0636. The first-order chi connectivity index (χ1) is 11.1. The zero-order valence-electron chi connectivity index (χ0n) is 13.3. The Morgan fingerprint density at radius 3 is 2.61 bits per heavy atom. The predicted molar refractivity (Wildman–Crippen MR) is 86.8 cm³/mol. The van der Waals surface area contributed by atoms with Crippen LogP contribution in [-0.4, -0.2) is 67.7 Å². The zero-order valence-corrected chi connectivity index (χ0v) is 14.1. The molecule has 124 valence electrons. The van der Waals surface area contributed by atoms with Crippen LogP contribution in [0.15, 0.2) is 22.3 Å². The van der Waals surface area contributed by atoms with Crippen LogP contribution in [-0.2, 0) is 11.3 Å². The molecule has 0 saturated carbocycles. The zero-order chi connectivity index (χ0) is 16.4. The minimum atomic E-state index is -0.387. The van der Waals surface area contributed by atoms with Crippen LogP contribution in [0, 0.1) is 0 Å². The quantitative estimate of drug-likeness (QED) is 0.788. The number of rotatable bonds is 4. The molecule has 23 heavy (non-hydrogen) atoms. The molecule has 1 aliphatic heterocycles. The molecule has 0 atom stereocenters. The average molecular weight is 336 g/mol. The molecule has 0 bridgehead atoms. The second-order valence-electron chi connectivity index (χ2n) is 5.79. The summed E-state index contributed by atoms with van der Waals surface area (Å²) >= 11 is 1.40. The molecule has 2 aromatic rings. The molecular formula is C14H20N6O2S. The third-order valence-corrected chi connectivity index (χ3v) is 4.88. The van der Waals surface area contributed by atoms with Gasteiger partial charge in [0.05, 0.1) is 0 Å². The lowest BCUT2D eigenvalue weighted by Crippen LogP contribution is -2.51. The van der Waals surface area contributed by atoms with Crippen molar-refractivity contribution in [1.82, 2.24) is 29.6 Å². The summed E-state index contributed by atoms with van der Waals surface area (Å²) in [6.45, 7) is 7.34. The minimum Gasteiger partial charge on any atom is -0.339 e. The molecule has 2 aromatic heterocycles. The van der Waals surface area contributed by atoms with Crippen molar-refractivity contribution in [2.75, 3.05) is 26.2 Å². The van der Waals surface area contributed by atoms with Crippen LogP contribution in [0.4, 0.5) is 0 Å². The molecule has 1 saturated heterocycles. The van der Waals surface area contributed by atoms with E-state index >= 15 is 0 Å². The Morgan fingerprint density at radius 2 is 2.00 bits per heavy atom. The largest absolute Gasteiger partial charge is 0.369 e.